The molecule has 2 amide bonds. The Kier molecular flexibility index (Phi) is 7.90. The Balaban J connectivity index is 3.83. The zero-order valence-corrected chi connectivity index (χ0v) is 9.37. The van der Waals surface area contributed by atoms with Crippen LogP contribution in [0.5, 0.6) is 0 Å². The fourth-order valence-corrected chi connectivity index (χ4v) is 1.21. The number of primary amides is 1. The molecule has 0 spiro atoms. The van der Waals surface area contributed by atoms with Crippen LogP contribution in [0.1, 0.15) is 32.1 Å². The summed E-state index contributed by atoms with van der Waals surface area (Å²) in [7, 11) is 0. The van der Waals surface area contributed by atoms with Crippen LogP contribution >= 0.6 is 0 Å². The summed E-state index contributed by atoms with van der Waals surface area (Å²) in [6.45, 7) is 0.628. The van der Waals surface area contributed by atoms with Crippen molar-refractivity contribution in [3.63, 3.8) is 0 Å². The van der Waals surface area contributed by atoms with E-state index in [0.717, 1.165) is 19.3 Å². The number of unbranched alkanes of at least 4 members (excludes halogenated alkanes) is 2. The number of terminal acetylenes is 1. The molecule has 0 aliphatic rings. The molecule has 0 bridgehead atoms. The average molecular weight is 225 g/mol. The lowest BCUT2D eigenvalue weighted by Gasteiger charge is -2.12. The molecular weight excluding hydrogens is 206 g/mol. The molecule has 16 heavy (non-hydrogen) atoms. The van der Waals surface area contributed by atoms with E-state index >= 15 is 0 Å². The van der Waals surface area contributed by atoms with Gasteiger partial charge in [-0.1, -0.05) is 6.42 Å². The van der Waals surface area contributed by atoms with E-state index in [-0.39, 0.29) is 12.3 Å². The van der Waals surface area contributed by atoms with E-state index in [1.807, 2.05) is 0 Å². The molecule has 1 atom stereocenters. The number of hydrogen-bond acceptors (Lipinski definition) is 3. The third-order valence-corrected chi connectivity index (χ3v) is 2.11. The third-order valence-electron chi connectivity index (χ3n) is 2.11. The summed E-state index contributed by atoms with van der Waals surface area (Å²) in [6.07, 6.45) is 8.12. The van der Waals surface area contributed by atoms with Crippen molar-refractivity contribution in [2.75, 3.05) is 6.54 Å². The molecule has 0 fully saturated rings. The number of amides is 2. The van der Waals surface area contributed by atoms with Crippen molar-refractivity contribution in [3.8, 4) is 12.3 Å². The summed E-state index contributed by atoms with van der Waals surface area (Å²) in [6, 6.07) is -0.757. The number of nitrogens with one attached hydrogen (secondary N) is 1. The maximum Gasteiger partial charge on any atom is 0.240 e. The lowest BCUT2D eigenvalue weighted by Crippen LogP contribution is -2.44. The predicted octanol–water partition coefficient (Wildman–Crippen LogP) is -0.501. The Morgan fingerprint density at radius 2 is 2.00 bits per heavy atom. The van der Waals surface area contributed by atoms with Crippen molar-refractivity contribution in [1.29, 1.82) is 0 Å². The molecule has 0 aromatic carbocycles. The minimum atomic E-state index is -0.757. The van der Waals surface area contributed by atoms with Gasteiger partial charge in [-0.2, -0.15) is 0 Å². The molecule has 0 aromatic rings. The van der Waals surface area contributed by atoms with Gasteiger partial charge in [0.15, 0.2) is 0 Å². The zero-order valence-electron chi connectivity index (χ0n) is 9.37. The van der Waals surface area contributed by atoms with E-state index in [2.05, 4.69) is 11.2 Å². The summed E-state index contributed by atoms with van der Waals surface area (Å²) >= 11 is 0. The highest BCUT2D eigenvalue weighted by molar-refractivity contribution is 5.86. The monoisotopic (exact) mass is 225 g/mol. The Labute approximate surface area is 95.9 Å². The first kappa shape index (κ1) is 14.5. The van der Waals surface area contributed by atoms with E-state index < -0.39 is 11.9 Å². The topological polar surface area (TPSA) is 98.2 Å². The zero-order chi connectivity index (χ0) is 12.4. The normalized spacial score (nSPS) is 11.5. The van der Waals surface area contributed by atoms with Gasteiger partial charge >= 0.3 is 0 Å². The van der Waals surface area contributed by atoms with Gasteiger partial charge in [0.1, 0.15) is 6.04 Å². The van der Waals surface area contributed by atoms with Crippen molar-refractivity contribution in [1.82, 2.24) is 5.32 Å². The first-order valence-corrected chi connectivity index (χ1v) is 5.34. The fraction of sp³-hybridized carbons (Fsp3) is 0.636. The Bertz CT molecular complexity index is 271. The van der Waals surface area contributed by atoms with Crippen LogP contribution in [-0.2, 0) is 9.59 Å². The largest absolute Gasteiger partial charge is 0.368 e. The molecule has 0 heterocycles. The lowest BCUT2D eigenvalue weighted by atomic mass is 10.1. The highest BCUT2D eigenvalue weighted by Crippen LogP contribution is 1.99. The van der Waals surface area contributed by atoms with Crippen LogP contribution in [0.4, 0.5) is 0 Å². The first-order chi connectivity index (χ1) is 7.61. The van der Waals surface area contributed by atoms with Crippen molar-refractivity contribution in [2.45, 2.75) is 38.1 Å². The van der Waals surface area contributed by atoms with Gasteiger partial charge in [-0.15, -0.1) is 12.3 Å². The van der Waals surface area contributed by atoms with Gasteiger partial charge in [0.25, 0.3) is 0 Å². The van der Waals surface area contributed by atoms with Gasteiger partial charge < -0.3 is 16.8 Å². The summed E-state index contributed by atoms with van der Waals surface area (Å²) in [5.41, 5.74) is 10.4. The van der Waals surface area contributed by atoms with Crippen LogP contribution in [0.25, 0.3) is 0 Å². The Hall–Kier alpha value is -1.54. The fourth-order valence-electron chi connectivity index (χ4n) is 1.21. The lowest BCUT2D eigenvalue weighted by molar-refractivity contribution is -0.127. The maximum absolute atomic E-state index is 11.4. The summed E-state index contributed by atoms with van der Waals surface area (Å²) < 4.78 is 0. The minimum Gasteiger partial charge on any atom is -0.368 e. The van der Waals surface area contributed by atoms with E-state index in [9.17, 15) is 9.59 Å². The van der Waals surface area contributed by atoms with Crippen molar-refractivity contribution in [3.05, 3.63) is 0 Å². The van der Waals surface area contributed by atoms with Crippen LogP contribution in [0.2, 0.25) is 0 Å². The highest BCUT2D eigenvalue weighted by atomic mass is 16.2. The summed E-state index contributed by atoms with van der Waals surface area (Å²) in [4.78, 5) is 22.3. The molecule has 0 aromatic heterocycles. The number of rotatable bonds is 8. The number of carbonyl (C=O) groups excluding carboxylic acids is 2. The average Bonchev–Trinajstić information content (AvgIpc) is 2.23. The van der Waals surface area contributed by atoms with Gasteiger partial charge in [0.2, 0.25) is 11.8 Å². The first-order valence-electron chi connectivity index (χ1n) is 5.34. The standard InChI is InChI=1S/C11H19N3O2/c1-2-6-9(11(13)16)14-10(15)7-4-3-5-8-12/h1,9H,3-8,12H2,(H2,13,16)(H,14,15)/t9-/m0/s1. The van der Waals surface area contributed by atoms with Crippen LogP contribution in [0, 0.1) is 12.3 Å². The van der Waals surface area contributed by atoms with Gasteiger partial charge in [-0.3, -0.25) is 9.59 Å². The van der Waals surface area contributed by atoms with Crippen molar-refractivity contribution in [2.24, 2.45) is 11.5 Å². The number of nitrogens with two attached hydrogens (primary N) is 2. The Morgan fingerprint density at radius 1 is 1.31 bits per heavy atom. The van der Waals surface area contributed by atoms with Crippen LogP contribution in [-0.4, -0.2) is 24.4 Å². The molecule has 0 radical (unpaired) electrons. The molecule has 5 nitrogen and oxygen atoms in total. The van der Waals surface area contributed by atoms with Gasteiger partial charge in [0.05, 0.1) is 0 Å². The molecule has 0 rings (SSSR count). The van der Waals surface area contributed by atoms with Gasteiger partial charge in [-0.25, -0.2) is 0 Å². The van der Waals surface area contributed by atoms with Gasteiger partial charge in [0, 0.05) is 12.8 Å². The van der Waals surface area contributed by atoms with E-state index in [4.69, 9.17) is 17.9 Å². The molecule has 5 heteroatoms. The maximum atomic E-state index is 11.4. The van der Waals surface area contributed by atoms with Crippen LogP contribution in [0.3, 0.4) is 0 Å². The highest BCUT2D eigenvalue weighted by Gasteiger charge is 2.16. The van der Waals surface area contributed by atoms with Crippen LogP contribution in [0.15, 0.2) is 0 Å². The van der Waals surface area contributed by atoms with Crippen LogP contribution < -0.4 is 16.8 Å². The summed E-state index contributed by atoms with van der Waals surface area (Å²) in [5, 5.41) is 2.51. The predicted molar refractivity (Wildman–Crippen MR) is 62.1 cm³/mol. The van der Waals surface area contributed by atoms with Gasteiger partial charge in [-0.05, 0) is 19.4 Å². The quantitative estimate of drug-likeness (QED) is 0.383. The van der Waals surface area contributed by atoms with E-state index in [1.165, 1.54) is 0 Å². The van der Waals surface area contributed by atoms with E-state index in [0.29, 0.717) is 13.0 Å². The molecule has 0 unspecified atom stereocenters. The molecular formula is C11H19N3O2. The van der Waals surface area contributed by atoms with E-state index in [1.54, 1.807) is 0 Å². The second kappa shape index (κ2) is 8.74. The summed E-state index contributed by atoms with van der Waals surface area (Å²) in [5.74, 6) is 1.50. The van der Waals surface area contributed by atoms with Crippen molar-refractivity contribution < 1.29 is 9.59 Å². The minimum absolute atomic E-state index is 0.129. The Morgan fingerprint density at radius 3 is 2.50 bits per heavy atom. The molecule has 0 aliphatic carbocycles. The number of hydrogen-bond donors (Lipinski definition) is 3. The molecule has 90 valence electrons. The number of carbonyl (C=O) groups is 2. The second-order valence-electron chi connectivity index (χ2n) is 3.53. The SMILES string of the molecule is C#CC[C@H](NC(=O)CCCCCN)C(N)=O. The molecule has 0 aliphatic heterocycles. The molecule has 0 saturated carbocycles. The molecule has 5 N–H and O–H groups in total. The smallest absolute Gasteiger partial charge is 0.240 e. The van der Waals surface area contributed by atoms with Crippen molar-refractivity contribution >= 4 is 11.8 Å². The third kappa shape index (κ3) is 6.85. The second-order valence-corrected chi connectivity index (χ2v) is 3.53. The molecule has 0 saturated heterocycles.